The second kappa shape index (κ2) is 4.66. The van der Waals surface area contributed by atoms with Crippen LogP contribution in [-0.4, -0.2) is 45.7 Å². The molecule has 1 fully saturated rings. The van der Waals surface area contributed by atoms with E-state index in [0.29, 0.717) is 11.3 Å². The molecule has 0 bridgehead atoms. The lowest BCUT2D eigenvalue weighted by molar-refractivity contribution is -0.141. The number of nitrogens with two attached hydrogens (primary N) is 1. The van der Waals surface area contributed by atoms with Gasteiger partial charge >= 0.3 is 5.97 Å². The molecule has 0 unspecified atom stereocenters. The standard InChI is InChI=1S/C12H14N2O4/c13-8-3-1-7(2-4-8)11(16)14-6-9(15)5-10(14)12(17)18/h1-4,9-10,15H,5-6,13H2,(H,17,18)/t9-,10-/m0/s1. The number of hydrogen-bond donors (Lipinski definition) is 3. The summed E-state index contributed by atoms with van der Waals surface area (Å²) in [5.41, 5.74) is 6.41. The number of aliphatic hydroxyl groups excluding tert-OH is 1. The van der Waals surface area contributed by atoms with Gasteiger partial charge in [0.05, 0.1) is 6.10 Å². The highest BCUT2D eigenvalue weighted by Gasteiger charge is 2.39. The van der Waals surface area contributed by atoms with Crippen LogP contribution in [0.3, 0.4) is 0 Å². The molecule has 1 aliphatic heterocycles. The van der Waals surface area contributed by atoms with Crippen molar-refractivity contribution in [1.29, 1.82) is 0 Å². The van der Waals surface area contributed by atoms with Crippen molar-refractivity contribution in [1.82, 2.24) is 4.90 Å². The molecule has 0 aliphatic carbocycles. The maximum Gasteiger partial charge on any atom is 0.326 e. The topological polar surface area (TPSA) is 104 Å². The number of hydrogen-bond acceptors (Lipinski definition) is 4. The molecule has 96 valence electrons. The summed E-state index contributed by atoms with van der Waals surface area (Å²) in [6.07, 6.45) is -0.723. The fourth-order valence-electron chi connectivity index (χ4n) is 2.06. The van der Waals surface area contributed by atoms with Crippen LogP contribution in [-0.2, 0) is 4.79 Å². The third kappa shape index (κ3) is 2.28. The van der Waals surface area contributed by atoms with E-state index in [-0.39, 0.29) is 13.0 Å². The zero-order valence-electron chi connectivity index (χ0n) is 9.61. The van der Waals surface area contributed by atoms with Gasteiger partial charge in [-0.25, -0.2) is 4.79 Å². The van der Waals surface area contributed by atoms with Crippen molar-refractivity contribution in [2.24, 2.45) is 0 Å². The van der Waals surface area contributed by atoms with Gasteiger partial charge in [-0.05, 0) is 24.3 Å². The van der Waals surface area contributed by atoms with Gasteiger partial charge in [-0.2, -0.15) is 0 Å². The molecule has 0 saturated carbocycles. The van der Waals surface area contributed by atoms with Crippen molar-refractivity contribution < 1.29 is 19.8 Å². The van der Waals surface area contributed by atoms with Crippen LogP contribution in [0.2, 0.25) is 0 Å². The van der Waals surface area contributed by atoms with E-state index in [0.717, 1.165) is 0 Å². The predicted octanol–water partition coefficient (Wildman–Crippen LogP) is -0.0712. The normalized spacial score (nSPS) is 23.1. The highest BCUT2D eigenvalue weighted by Crippen LogP contribution is 2.21. The summed E-state index contributed by atoms with van der Waals surface area (Å²) in [5.74, 6) is -1.51. The highest BCUT2D eigenvalue weighted by atomic mass is 16.4. The molecule has 1 aromatic carbocycles. The molecule has 4 N–H and O–H groups in total. The van der Waals surface area contributed by atoms with E-state index >= 15 is 0 Å². The van der Waals surface area contributed by atoms with Crippen LogP contribution in [0.25, 0.3) is 0 Å². The van der Waals surface area contributed by atoms with Crippen molar-refractivity contribution in [3.63, 3.8) is 0 Å². The Morgan fingerprint density at radius 1 is 1.28 bits per heavy atom. The van der Waals surface area contributed by atoms with E-state index in [1.54, 1.807) is 24.3 Å². The first-order chi connectivity index (χ1) is 8.49. The van der Waals surface area contributed by atoms with E-state index in [1.807, 2.05) is 0 Å². The van der Waals surface area contributed by atoms with Gasteiger partial charge in [0.25, 0.3) is 5.91 Å². The number of β-amino-alcohol motifs (C(OH)–C–C–N with tert-alkyl or cyclic N) is 1. The number of rotatable bonds is 2. The van der Waals surface area contributed by atoms with Gasteiger partial charge in [0.15, 0.2) is 0 Å². The van der Waals surface area contributed by atoms with Gasteiger partial charge in [0.2, 0.25) is 0 Å². The van der Waals surface area contributed by atoms with Crippen LogP contribution >= 0.6 is 0 Å². The van der Waals surface area contributed by atoms with E-state index in [1.165, 1.54) is 4.90 Å². The van der Waals surface area contributed by atoms with Crippen molar-refractivity contribution in [3.05, 3.63) is 29.8 Å². The molecule has 6 heteroatoms. The molecule has 1 aromatic rings. The number of nitrogens with zero attached hydrogens (tertiary/aromatic N) is 1. The van der Waals surface area contributed by atoms with Gasteiger partial charge in [-0.15, -0.1) is 0 Å². The largest absolute Gasteiger partial charge is 0.480 e. The van der Waals surface area contributed by atoms with Crippen LogP contribution < -0.4 is 5.73 Å². The minimum Gasteiger partial charge on any atom is -0.480 e. The summed E-state index contributed by atoms with van der Waals surface area (Å²) in [4.78, 5) is 24.3. The van der Waals surface area contributed by atoms with E-state index < -0.39 is 24.0 Å². The third-order valence-corrected chi connectivity index (χ3v) is 2.98. The lowest BCUT2D eigenvalue weighted by atomic mass is 10.1. The first-order valence-electron chi connectivity index (χ1n) is 5.56. The summed E-state index contributed by atoms with van der Waals surface area (Å²) >= 11 is 0. The van der Waals surface area contributed by atoms with Gasteiger partial charge in [0.1, 0.15) is 6.04 Å². The number of aliphatic hydroxyl groups is 1. The monoisotopic (exact) mass is 250 g/mol. The Hall–Kier alpha value is -2.08. The summed E-state index contributed by atoms with van der Waals surface area (Å²) < 4.78 is 0. The molecular weight excluding hydrogens is 236 g/mol. The Labute approximate surface area is 104 Å². The number of nitrogen functional groups attached to an aromatic ring is 1. The number of likely N-dealkylation sites (tertiary alicyclic amines) is 1. The fraction of sp³-hybridized carbons (Fsp3) is 0.333. The Morgan fingerprint density at radius 3 is 2.44 bits per heavy atom. The summed E-state index contributed by atoms with van der Waals surface area (Å²) in [6.45, 7) is 0.0418. The van der Waals surface area contributed by atoms with E-state index in [9.17, 15) is 14.7 Å². The Bertz CT molecular complexity index is 471. The average molecular weight is 250 g/mol. The molecule has 2 atom stereocenters. The van der Waals surface area contributed by atoms with Gasteiger partial charge in [0, 0.05) is 24.2 Å². The number of amides is 1. The number of anilines is 1. The molecular formula is C12H14N2O4. The SMILES string of the molecule is Nc1ccc(C(=O)N2C[C@@H](O)C[C@H]2C(=O)O)cc1. The number of carboxylic acid groups (broad SMARTS) is 1. The molecule has 0 radical (unpaired) electrons. The summed E-state index contributed by atoms with van der Waals surface area (Å²) in [5, 5.41) is 18.5. The maximum atomic E-state index is 12.1. The lowest BCUT2D eigenvalue weighted by Crippen LogP contribution is -2.40. The minimum atomic E-state index is -1.10. The van der Waals surface area contributed by atoms with Crippen LogP contribution in [0.1, 0.15) is 16.8 Å². The van der Waals surface area contributed by atoms with E-state index in [4.69, 9.17) is 10.8 Å². The van der Waals surface area contributed by atoms with Crippen molar-refractivity contribution in [2.75, 3.05) is 12.3 Å². The molecule has 2 rings (SSSR count). The number of carbonyl (C=O) groups excluding carboxylic acids is 1. The predicted molar refractivity (Wildman–Crippen MR) is 63.9 cm³/mol. The Balaban J connectivity index is 2.22. The second-order valence-corrected chi connectivity index (χ2v) is 4.32. The number of aliphatic carboxylic acids is 1. The summed E-state index contributed by atoms with van der Waals surface area (Å²) in [7, 11) is 0. The van der Waals surface area contributed by atoms with Crippen LogP contribution in [0.5, 0.6) is 0 Å². The number of carbonyl (C=O) groups is 2. The maximum absolute atomic E-state index is 12.1. The molecule has 1 heterocycles. The second-order valence-electron chi connectivity index (χ2n) is 4.32. The molecule has 0 spiro atoms. The highest BCUT2D eigenvalue weighted by molar-refractivity contribution is 5.97. The molecule has 1 saturated heterocycles. The molecule has 1 amide bonds. The van der Waals surface area contributed by atoms with Crippen LogP contribution in [0.15, 0.2) is 24.3 Å². The molecule has 18 heavy (non-hydrogen) atoms. The third-order valence-electron chi connectivity index (χ3n) is 2.98. The first kappa shape index (κ1) is 12.4. The molecule has 0 aromatic heterocycles. The quantitative estimate of drug-likeness (QED) is 0.637. The van der Waals surface area contributed by atoms with Gasteiger partial charge in [-0.1, -0.05) is 0 Å². The van der Waals surface area contributed by atoms with E-state index in [2.05, 4.69) is 0 Å². The van der Waals surface area contributed by atoms with Gasteiger partial charge in [-0.3, -0.25) is 4.79 Å². The molecule has 1 aliphatic rings. The number of benzene rings is 1. The molecule has 6 nitrogen and oxygen atoms in total. The van der Waals surface area contributed by atoms with Crippen molar-refractivity contribution in [3.8, 4) is 0 Å². The average Bonchev–Trinajstić information content (AvgIpc) is 2.71. The summed E-state index contributed by atoms with van der Waals surface area (Å²) in [6, 6.07) is 5.28. The van der Waals surface area contributed by atoms with Gasteiger partial charge < -0.3 is 20.8 Å². The zero-order valence-corrected chi connectivity index (χ0v) is 9.61. The Morgan fingerprint density at radius 2 is 1.89 bits per heavy atom. The Kier molecular flexibility index (Phi) is 3.20. The lowest BCUT2D eigenvalue weighted by Gasteiger charge is -2.21. The fourth-order valence-corrected chi connectivity index (χ4v) is 2.06. The smallest absolute Gasteiger partial charge is 0.326 e. The minimum absolute atomic E-state index is 0.0418. The zero-order chi connectivity index (χ0) is 13.3. The number of carboxylic acids is 1. The van der Waals surface area contributed by atoms with Crippen molar-refractivity contribution in [2.45, 2.75) is 18.6 Å². The first-order valence-corrected chi connectivity index (χ1v) is 5.56. The van der Waals surface area contributed by atoms with Crippen LogP contribution in [0, 0.1) is 0 Å². The van der Waals surface area contributed by atoms with Crippen molar-refractivity contribution >= 4 is 17.6 Å². The van der Waals surface area contributed by atoms with Crippen LogP contribution in [0.4, 0.5) is 5.69 Å².